The van der Waals surface area contributed by atoms with Crippen LogP contribution in [0.25, 0.3) is 11.2 Å². The lowest BCUT2D eigenvalue weighted by Crippen LogP contribution is -2.65. The van der Waals surface area contributed by atoms with Gasteiger partial charge in [-0.1, -0.05) is 71.3 Å². The van der Waals surface area contributed by atoms with Crippen molar-refractivity contribution in [1.29, 1.82) is 0 Å². The number of nitrogen functional groups attached to an aromatic ring is 1. The summed E-state index contributed by atoms with van der Waals surface area (Å²) < 4.78 is 36.3. The zero-order chi connectivity index (χ0) is 30.7. The maximum Gasteiger partial charge on any atom is 0.335 e. The minimum atomic E-state index is -2.98. The predicted octanol–water partition coefficient (Wildman–Crippen LogP) is 5.73. The van der Waals surface area contributed by atoms with Gasteiger partial charge in [-0.15, -0.1) is 0 Å². The normalized spacial score (nSPS) is 28.3. The van der Waals surface area contributed by atoms with Gasteiger partial charge in [-0.3, -0.25) is 4.79 Å². The van der Waals surface area contributed by atoms with Gasteiger partial charge in [0.25, 0.3) is 0 Å². The maximum atomic E-state index is 13.5. The average molecular weight is 673 g/mol. The number of halogens is 1. The molecule has 2 saturated heterocycles. The topological polar surface area (TPSA) is 133 Å². The summed E-state index contributed by atoms with van der Waals surface area (Å²) in [6, 6.07) is 0. The van der Waals surface area contributed by atoms with Crippen molar-refractivity contribution in [2.24, 2.45) is 5.41 Å². The fraction of sp³-hybridized carbons (Fsp3) is 0.778. The molecular weight excluding hydrogens is 626 g/mol. The highest BCUT2D eigenvalue weighted by atomic mass is 79.9. The highest BCUT2D eigenvalue weighted by Crippen LogP contribution is 2.52. The summed E-state index contributed by atoms with van der Waals surface area (Å²) >= 11 is 3.89. The van der Waals surface area contributed by atoms with Crippen LogP contribution in [0.1, 0.15) is 76.2 Å². The van der Waals surface area contributed by atoms with Gasteiger partial charge in [-0.25, -0.2) is 19.5 Å². The molecule has 0 spiro atoms. The third-order valence-corrected chi connectivity index (χ3v) is 19.6. The number of rotatable bonds is 6. The molecule has 4 heterocycles. The van der Waals surface area contributed by atoms with E-state index in [0.29, 0.717) is 11.2 Å². The van der Waals surface area contributed by atoms with E-state index in [9.17, 15) is 4.79 Å². The summed E-state index contributed by atoms with van der Waals surface area (Å²) in [7, 11) is -5.79. The van der Waals surface area contributed by atoms with Crippen LogP contribution in [-0.2, 0) is 33.1 Å². The van der Waals surface area contributed by atoms with Crippen molar-refractivity contribution >= 4 is 56.0 Å². The molecule has 2 aliphatic rings. The van der Waals surface area contributed by atoms with Crippen molar-refractivity contribution in [3.8, 4) is 0 Å². The zero-order valence-electron chi connectivity index (χ0n) is 26.1. The van der Waals surface area contributed by atoms with Crippen LogP contribution in [0.15, 0.2) is 12.7 Å². The fourth-order valence-electron chi connectivity index (χ4n) is 5.83. The standard InChI is InChI=1S/C27H46BrN5O6Si2/c1-15(2)40(16(3)4)35-12-19-21(38-41(39-40,17(5)6)18(7)8)22(28)27(36-19,37-25(34)26(9,10)11)33-14-32-20-23(29)30-13-31-24(20)33/h13-19,21-22H,12H2,1-11H3,(H2,29,30,31)/t19-,21-,22+,27+/m1/s1. The van der Waals surface area contributed by atoms with Crippen LogP contribution < -0.4 is 5.73 Å². The summed E-state index contributed by atoms with van der Waals surface area (Å²) in [5.74, 6) is -1.94. The Kier molecular flexibility index (Phi) is 8.91. The number of aromatic nitrogens is 4. The van der Waals surface area contributed by atoms with E-state index in [2.05, 4.69) is 86.3 Å². The quantitative estimate of drug-likeness (QED) is 0.231. The van der Waals surface area contributed by atoms with Gasteiger partial charge in [0, 0.05) is 0 Å². The third-order valence-electron chi connectivity index (χ3n) is 8.20. The van der Waals surface area contributed by atoms with E-state index in [-0.39, 0.29) is 34.6 Å². The Morgan fingerprint density at radius 3 is 2.17 bits per heavy atom. The van der Waals surface area contributed by atoms with Gasteiger partial charge in [0.05, 0.1) is 18.1 Å². The van der Waals surface area contributed by atoms with Crippen LogP contribution in [0.5, 0.6) is 0 Å². The predicted molar refractivity (Wildman–Crippen MR) is 165 cm³/mol. The van der Waals surface area contributed by atoms with Gasteiger partial charge in [0.2, 0.25) is 0 Å². The molecule has 0 radical (unpaired) electrons. The molecule has 14 heteroatoms. The van der Waals surface area contributed by atoms with Crippen LogP contribution in [-0.4, -0.2) is 66.3 Å². The molecular formula is C27H46BrN5O6Si2. The smallest absolute Gasteiger partial charge is 0.335 e. The highest BCUT2D eigenvalue weighted by Gasteiger charge is 2.66. The molecule has 0 saturated carbocycles. The Labute approximate surface area is 253 Å². The molecule has 11 nitrogen and oxygen atoms in total. The molecule has 0 aliphatic carbocycles. The number of ether oxygens (including phenoxy) is 2. The van der Waals surface area contributed by atoms with Gasteiger partial charge < -0.3 is 28.2 Å². The first-order chi connectivity index (χ1) is 18.9. The number of imidazole rings is 1. The molecule has 0 amide bonds. The Hall–Kier alpha value is -1.43. The van der Waals surface area contributed by atoms with E-state index in [1.54, 1.807) is 25.3 Å². The number of nitrogens with zero attached hydrogens (tertiary/aromatic N) is 4. The van der Waals surface area contributed by atoms with Crippen LogP contribution in [0.3, 0.4) is 0 Å². The summed E-state index contributed by atoms with van der Waals surface area (Å²) in [6.07, 6.45) is 1.72. The van der Waals surface area contributed by atoms with Crippen molar-refractivity contribution in [3.63, 3.8) is 0 Å². The largest absolute Gasteiger partial charge is 0.414 e. The minimum absolute atomic E-state index is 0.114. The van der Waals surface area contributed by atoms with E-state index in [0.717, 1.165) is 0 Å². The Morgan fingerprint density at radius 2 is 1.63 bits per heavy atom. The molecule has 2 aliphatic heterocycles. The monoisotopic (exact) mass is 671 g/mol. The lowest BCUT2D eigenvalue weighted by molar-refractivity contribution is -0.273. The minimum Gasteiger partial charge on any atom is -0.414 e. The van der Waals surface area contributed by atoms with Gasteiger partial charge in [0.15, 0.2) is 11.5 Å². The Bertz CT molecular complexity index is 1250. The first kappa shape index (κ1) is 32.5. The lowest BCUT2D eigenvalue weighted by Gasteiger charge is -2.51. The zero-order valence-corrected chi connectivity index (χ0v) is 29.7. The summed E-state index contributed by atoms with van der Waals surface area (Å²) in [5, 5.41) is 0. The van der Waals surface area contributed by atoms with E-state index in [4.69, 9.17) is 28.2 Å². The summed E-state index contributed by atoms with van der Waals surface area (Å²) in [5.41, 5.74) is 6.64. The molecule has 4 rings (SSSR count). The Balaban J connectivity index is 1.93. The lowest BCUT2D eigenvalue weighted by atomic mass is 9.97. The molecule has 4 atom stereocenters. The number of carbonyl (C=O) groups excluding carboxylic acids is 1. The maximum absolute atomic E-state index is 13.5. The second-order valence-corrected chi connectivity index (χ2v) is 23.3. The molecule has 41 heavy (non-hydrogen) atoms. The third kappa shape index (κ3) is 5.31. The molecule has 2 aromatic heterocycles. The number of nitrogens with two attached hydrogens (primary N) is 1. The summed E-state index contributed by atoms with van der Waals surface area (Å²) in [6.45, 7) is 22.9. The number of carbonyl (C=O) groups is 1. The molecule has 2 fully saturated rings. The van der Waals surface area contributed by atoms with Crippen LogP contribution in [0.2, 0.25) is 22.2 Å². The highest BCUT2D eigenvalue weighted by molar-refractivity contribution is 9.09. The van der Waals surface area contributed by atoms with E-state index < -0.39 is 51.5 Å². The molecule has 230 valence electrons. The first-order valence-corrected chi connectivity index (χ1v) is 19.3. The van der Waals surface area contributed by atoms with E-state index in [1.807, 2.05) is 0 Å². The number of esters is 1. The molecule has 0 bridgehead atoms. The second kappa shape index (κ2) is 11.3. The van der Waals surface area contributed by atoms with Crippen LogP contribution in [0.4, 0.5) is 5.82 Å². The number of anilines is 1. The van der Waals surface area contributed by atoms with Gasteiger partial charge in [-0.05, 0) is 42.9 Å². The first-order valence-electron chi connectivity index (χ1n) is 14.4. The van der Waals surface area contributed by atoms with Crippen molar-refractivity contribution in [2.75, 3.05) is 12.3 Å². The molecule has 2 aromatic rings. The second-order valence-electron chi connectivity index (χ2n) is 13.4. The number of alkyl halides is 1. The van der Waals surface area contributed by atoms with Gasteiger partial charge >= 0.3 is 29.0 Å². The van der Waals surface area contributed by atoms with Crippen molar-refractivity contribution in [2.45, 2.75) is 121 Å². The molecule has 0 unspecified atom stereocenters. The number of fused-ring (bicyclic) bond motifs is 2. The van der Waals surface area contributed by atoms with Crippen molar-refractivity contribution in [1.82, 2.24) is 19.5 Å². The van der Waals surface area contributed by atoms with E-state index >= 15 is 0 Å². The molecule has 0 aromatic carbocycles. The fourth-order valence-corrected chi connectivity index (χ4v) is 18.1. The van der Waals surface area contributed by atoms with Crippen molar-refractivity contribution < 1.29 is 27.2 Å². The molecule has 2 N–H and O–H groups in total. The van der Waals surface area contributed by atoms with Crippen LogP contribution in [0, 0.1) is 5.41 Å². The van der Waals surface area contributed by atoms with Gasteiger partial charge in [-0.2, -0.15) is 0 Å². The summed E-state index contributed by atoms with van der Waals surface area (Å²) in [4.78, 5) is 25.9. The average Bonchev–Trinajstić information content (AvgIpc) is 3.39. The van der Waals surface area contributed by atoms with E-state index in [1.165, 1.54) is 12.7 Å². The van der Waals surface area contributed by atoms with Gasteiger partial charge in [0.1, 0.15) is 29.1 Å². The van der Waals surface area contributed by atoms with Crippen molar-refractivity contribution in [3.05, 3.63) is 12.7 Å². The Morgan fingerprint density at radius 1 is 1.05 bits per heavy atom. The number of hydrogen-bond acceptors (Lipinski definition) is 10. The van der Waals surface area contributed by atoms with Crippen LogP contribution >= 0.6 is 15.9 Å². The number of hydrogen-bond donors (Lipinski definition) is 1. The SMILES string of the molecule is CC(C)[Si]1(C(C)C)OC[C@H]2O[C@@](OC(=O)C(C)(C)C)(n3cnc4c(N)ncnc43)[C@@H](Br)[C@@H]2O[Si](C(C)C)(C(C)C)O1.